The number of amides is 1. The van der Waals surface area contributed by atoms with Gasteiger partial charge in [0.25, 0.3) is 5.56 Å². The van der Waals surface area contributed by atoms with Gasteiger partial charge in [0.15, 0.2) is 0 Å². The summed E-state index contributed by atoms with van der Waals surface area (Å²) in [7, 11) is 0. The van der Waals surface area contributed by atoms with E-state index in [1.165, 1.54) is 0 Å². The standard InChI is InChI=1S/C22H24N2O3/c1-14(2)27-19-8-6-18(7-9-19)23-21(25)11-5-16-4-10-20-17(13-16)12-15(3)22(26)24-20/h4,6-10,12-14H,5,11H2,1-3H3,(H,23,25)(H,24,26). The first-order valence-corrected chi connectivity index (χ1v) is 9.10. The summed E-state index contributed by atoms with van der Waals surface area (Å²) in [6.07, 6.45) is 1.14. The third kappa shape index (κ3) is 4.97. The van der Waals surface area contributed by atoms with Crippen LogP contribution in [0, 0.1) is 6.92 Å². The van der Waals surface area contributed by atoms with Crippen molar-refractivity contribution in [3.63, 3.8) is 0 Å². The normalized spacial score (nSPS) is 11.0. The molecule has 2 N–H and O–H groups in total. The van der Waals surface area contributed by atoms with Gasteiger partial charge in [0, 0.05) is 23.2 Å². The lowest BCUT2D eigenvalue weighted by Gasteiger charge is -2.11. The summed E-state index contributed by atoms with van der Waals surface area (Å²) in [5, 5.41) is 3.88. The molecule has 0 saturated heterocycles. The van der Waals surface area contributed by atoms with Crippen LogP contribution in [0.5, 0.6) is 5.75 Å². The second kappa shape index (κ2) is 8.08. The monoisotopic (exact) mass is 364 g/mol. The third-order valence-electron chi connectivity index (χ3n) is 4.24. The molecule has 3 aromatic rings. The molecule has 0 unspecified atom stereocenters. The molecule has 0 fully saturated rings. The first kappa shape index (κ1) is 18.7. The van der Waals surface area contributed by atoms with E-state index < -0.39 is 0 Å². The molecule has 0 aliphatic carbocycles. The number of aromatic nitrogens is 1. The van der Waals surface area contributed by atoms with Gasteiger partial charge in [-0.3, -0.25) is 9.59 Å². The molecule has 0 aliphatic rings. The average molecular weight is 364 g/mol. The van der Waals surface area contributed by atoms with Gasteiger partial charge in [-0.05, 0) is 80.6 Å². The Kier molecular flexibility index (Phi) is 5.60. The smallest absolute Gasteiger partial charge is 0.251 e. The summed E-state index contributed by atoms with van der Waals surface area (Å²) in [5.74, 6) is 0.748. The van der Waals surface area contributed by atoms with Gasteiger partial charge in [-0.2, -0.15) is 0 Å². The van der Waals surface area contributed by atoms with E-state index in [1.54, 1.807) is 6.92 Å². The Morgan fingerprint density at radius 1 is 1.11 bits per heavy atom. The fraction of sp³-hybridized carbons (Fsp3) is 0.273. The maximum atomic E-state index is 12.2. The molecule has 0 radical (unpaired) electrons. The molecular formula is C22H24N2O3. The number of rotatable bonds is 6. The van der Waals surface area contributed by atoms with E-state index in [0.29, 0.717) is 18.4 Å². The van der Waals surface area contributed by atoms with Crippen LogP contribution in [-0.4, -0.2) is 17.0 Å². The van der Waals surface area contributed by atoms with Crippen LogP contribution in [0.4, 0.5) is 5.69 Å². The number of carbonyl (C=O) groups is 1. The zero-order chi connectivity index (χ0) is 19.4. The van der Waals surface area contributed by atoms with Crippen LogP contribution in [0.1, 0.15) is 31.4 Å². The van der Waals surface area contributed by atoms with Crippen molar-refractivity contribution in [1.82, 2.24) is 4.98 Å². The van der Waals surface area contributed by atoms with E-state index in [0.717, 1.165) is 27.9 Å². The van der Waals surface area contributed by atoms with Gasteiger partial charge >= 0.3 is 0 Å². The third-order valence-corrected chi connectivity index (χ3v) is 4.24. The number of aryl methyl sites for hydroxylation is 2. The van der Waals surface area contributed by atoms with Crippen molar-refractivity contribution in [3.05, 3.63) is 70.0 Å². The molecule has 5 nitrogen and oxygen atoms in total. The number of ether oxygens (including phenoxy) is 1. The van der Waals surface area contributed by atoms with Gasteiger partial charge in [0.05, 0.1) is 6.10 Å². The second-order valence-electron chi connectivity index (χ2n) is 6.94. The molecule has 1 amide bonds. The minimum Gasteiger partial charge on any atom is -0.491 e. The molecule has 0 bridgehead atoms. The summed E-state index contributed by atoms with van der Waals surface area (Å²) in [6.45, 7) is 5.73. The molecule has 1 aromatic heterocycles. The van der Waals surface area contributed by atoms with Crippen LogP contribution in [0.15, 0.2) is 53.3 Å². The molecule has 0 atom stereocenters. The Labute approximate surface area is 158 Å². The number of fused-ring (bicyclic) bond motifs is 1. The minimum absolute atomic E-state index is 0.0368. The predicted octanol–water partition coefficient (Wildman–Crippen LogP) is 4.20. The van der Waals surface area contributed by atoms with Crippen LogP contribution < -0.4 is 15.6 Å². The summed E-state index contributed by atoms with van der Waals surface area (Å²) in [6, 6.07) is 15.1. The first-order chi connectivity index (χ1) is 12.9. The Morgan fingerprint density at radius 2 is 1.85 bits per heavy atom. The molecule has 5 heteroatoms. The fourth-order valence-corrected chi connectivity index (χ4v) is 2.89. The van der Waals surface area contributed by atoms with Crippen molar-refractivity contribution in [2.45, 2.75) is 39.7 Å². The van der Waals surface area contributed by atoms with Crippen molar-refractivity contribution < 1.29 is 9.53 Å². The van der Waals surface area contributed by atoms with Gasteiger partial charge in [-0.25, -0.2) is 0 Å². The van der Waals surface area contributed by atoms with Crippen LogP contribution in [0.25, 0.3) is 10.9 Å². The van der Waals surface area contributed by atoms with Crippen molar-refractivity contribution >= 4 is 22.5 Å². The number of anilines is 1. The second-order valence-corrected chi connectivity index (χ2v) is 6.94. The summed E-state index contributed by atoms with van der Waals surface area (Å²) < 4.78 is 5.60. The number of H-pyrrole nitrogens is 1. The molecule has 140 valence electrons. The Morgan fingerprint density at radius 3 is 2.56 bits per heavy atom. The number of carbonyl (C=O) groups excluding carboxylic acids is 1. The summed E-state index contributed by atoms with van der Waals surface area (Å²) in [4.78, 5) is 26.7. The maximum Gasteiger partial charge on any atom is 0.251 e. The molecule has 3 rings (SSSR count). The maximum absolute atomic E-state index is 12.2. The number of nitrogens with one attached hydrogen (secondary N) is 2. The minimum atomic E-state index is -0.0700. The zero-order valence-electron chi connectivity index (χ0n) is 15.8. The SMILES string of the molecule is Cc1cc2cc(CCC(=O)Nc3ccc(OC(C)C)cc3)ccc2[nH]c1=O. The van der Waals surface area contributed by atoms with E-state index >= 15 is 0 Å². The zero-order valence-corrected chi connectivity index (χ0v) is 15.8. The Hall–Kier alpha value is -3.08. The highest BCUT2D eigenvalue weighted by Gasteiger charge is 2.06. The van der Waals surface area contributed by atoms with Crippen LogP contribution in [0.3, 0.4) is 0 Å². The summed E-state index contributed by atoms with van der Waals surface area (Å²) in [5.41, 5.74) is 3.23. The van der Waals surface area contributed by atoms with E-state index in [1.807, 2.05) is 62.4 Å². The molecule has 27 heavy (non-hydrogen) atoms. The Balaban J connectivity index is 1.59. The van der Waals surface area contributed by atoms with E-state index in [-0.39, 0.29) is 17.6 Å². The summed E-state index contributed by atoms with van der Waals surface area (Å²) >= 11 is 0. The number of hydrogen-bond acceptors (Lipinski definition) is 3. The van der Waals surface area contributed by atoms with E-state index in [2.05, 4.69) is 10.3 Å². The largest absolute Gasteiger partial charge is 0.491 e. The van der Waals surface area contributed by atoms with Gasteiger partial charge in [-0.1, -0.05) is 6.07 Å². The van der Waals surface area contributed by atoms with Gasteiger partial charge < -0.3 is 15.0 Å². The fourth-order valence-electron chi connectivity index (χ4n) is 2.89. The lowest BCUT2D eigenvalue weighted by atomic mass is 10.1. The lowest BCUT2D eigenvalue weighted by Crippen LogP contribution is -2.12. The number of pyridine rings is 1. The van der Waals surface area contributed by atoms with Gasteiger partial charge in [0.2, 0.25) is 5.91 Å². The van der Waals surface area contributed by atoms with Crippen LogP contribution in [0.2, 0.25) is 0 Å². The quantitative estimate of drug-likeness (QED) is 0.689. The molecular weight excluding hydrogens is 340 g/mol. The number of aromatic amines is 1. The van der Waals surface area contributed by atoms with Crippen molar-refractivity contribution in [3.8, 4) is 5.75 Å². The highest BCUT2D eigenvalue weighted by atomic mass is 16.5. The van der Waals surface area contributed by atoms with Gasteiger partial charge in [0.1, 0.15) is 5.75 Å². The van der Waals surface area contributed by atoms with E-state index in [9.17, 15) is 9.59 Å². The van der Waals surface area contributed by atoms with Crippen molar-refractivity contribution in [2.24, 2.45) is 0 Å². The van der Waals surface area contributed by atoms with Crippen molar-refractivity contribution in [2.75, 3.05) is 5.32 Å². The Bertz CT molecular complexity index is 1000. The molecule has 2 aromatic carbocycles. The lowest BCUT2D eigenvalue weighted by molar-refractivity contribution is -0.116. The topological polar surface area (TPSA) is 71.2 Å². The highest BCUT2D eigenvalue weighted by molar-refractivity contribution is 5.91. The van der Waals surface area contributed by atoms with E-state index in [4.69, 9.17) is 4.74 Å². The molecule has 0 aliphatic heterocycles. The first-order valence-electron chi connectivity index (χ1n) is 9.10. The van der Waals surface area contributed by atoms with Crippen LogP contribution >= 0.6 is 0 Å². The van der Waals surface area contributed by atoms with Gasteiger partial charge in [-0.15, -0.1) is 0 Å². The number of hydrogen-bond donors (Lipinski definition) is 2. The molecule has 1 heterocycles. The average Bonchev–Trinajstić information content (AvgIpc) is 2.62. The van der Waals surface area contributed by atoms with Crippen LogP contribution in [-0.2, 0) is 11.2 Å². The number of benzene rings is 2. The predicted molar refractivity (Wildman–Crippen MR) is 108 cm³/mol. The molecule has 0 spiro atoms. The van der Waals surface area contributed by atoms with Crippen molar-refractivity contribution in [1.29, 1.82) is 0 Å². The highest BCUT2D eigenvalue weighted by Crippen LogP contribution is 2.18. The molecule has 0 saturated carbocycles.